The Kier molecular flexibility index (Phi) is 3.95. The van der Waals surface area contributed by atoms with Crippen LogP contribution in [0.1, 0.15) is 24.0 Å². The van der Waals surface area contributed by atoms with E-state index in [1.165, 1.54) is 11.1 Å². The highest BCUT2D eigenvalue weighted by molar-refractivity contribution is 9.10. The van der Waals surface area contributed by atoms with Crippen molar-refractivity contribution < 1.29 is 4.79 Å². The second-order valence-electron chi connectivity index (χ2n) is 5.01. The number of hydrogen-bond acceptors (Lipinski definition) is 2. The molecule has 0 radical (unpaired) electrons. The van der Waals surface area contributed by atoms with Crippen molar-refractivity contribution in [3.8, 4) is 0 Å². The van der Waals surface area contributed by atoms with Crippen LogP contribution in [0.2, 0.25) is 0 Å². The number of benzene rings is 1. The van der Waals surface area contributed by atoms with Crippen molar-refractivity contribution in [2.75, 3.05) is 18.9 Å². The van der Waals surface area contributed by atoms with Crippen molar-refractivity contribution in [1.82, 2.24) is 4.90 Å². The molecule has 1 aliphatic carbocycles. The maximum Gasteiger partial charge on any atom is 0.241 e. The van der Waals surface area contributed by atoms with E-state index in [0.717, 1.165) is 23.0 Å². The molecule has 0 atom stereocenters. The number of aryl methyl sites for hydroxylation is 2. The molecule has 0 saturated heterocycles. The molecule has 1 fully saturated rings. The predicted molar refractivity (Wildman–Crippen MR) is 77.9 cm³/mol. The van der Waals surface area contributed by atoms with Crippen LogP contribution in [-0.4, -0.2) is 30.4 Å². The van der Waals surface area contributed by atoms with Gasteiger partial charge in [0.2, 0.25) is 5.91 Å². The molecule has 0 heterocycles. The molecule has 4 heteroatoms. The SMILES string of the molecule is Cc1cc(NCC(=O)N(C)C2CC2)cc(C)c1Br. The number of carbonyl (C=O) groups excluding carboxylic acids is 1. The zero-order chi connectivity index (χ0) is 13.3. The Morgan fingerprint density at radius 3 is 2.44 bits per heavy atom. The largest absolute Gasteiger partial charge is 0.376 e. The summed E-state index contributed by atoms with van der Waals surface area (Å²) in [4.78, 5) is 13.7. The van der Waals surface area contributed by atoms with Crippen LogP contribution >= 0.6 is 15.9 Å². The topological polar surface area (TPSA) is 32.3 Å². The molecule has 18 heavy (non-hydrogen) atoms. The van der Waals surface area contributed by atoms with Crippen molar-refractivity contribution in [3.63, 3.8) is 0 Å². The van der Waals surface area contributed by atoms with Gasteiger partial charge in [0.15, 0.2) is 0 Å². The van der Waals surface area contributed by atoms with E-state index in [4.69, 9.17) is 0 Å². The lowest BCUT2D eigenvalue weighted by Gasteiger charge is -2.17. The molecule has 1 aromatic carbocycles. The van der Waals surface area contributed by atoms with Crippen molar-refractivity contribution in [2.45, 2.75) is 32.7 Å². The molecule has 0 spiro atoms. The number of nitrogens with zero attached hydrogens (tertiary/aromatic N) is 1. The summed E-state index contributed by atoms with van der Waals surface area (Å²) in [6.45, 7) is 4.48. The highest BCUT2D eigenvalue weighted by Crippen LogP contribution is 2.26. The highest BCUT2D eigenvalue weighted by Gasteiger charge is 2.29. The zero-order valence-electron chi connectivity index (χ0n) is 11.1. The van der Waals surface area contributed by atoms with Crippen LogP contribution in [0, 0.1) is 13.8 Å². The first-order valence-electron chi connectivity index (χ1n) is 6.25. The standard InChI is InChI=1S/C14H19BrN2O/c1-9-6-11(7-10(2)14(9)15)16-8-13(18)17(3)12-4-5-12/h6-7,12,16H,4-5,8H2,1-3H3. The number of hydrogen-bond donors (Lipinski definition) is 1. The average Bonchev–Trinajstić information content (AvgIpc) is 3.15. The molecular weight excluding hydrogens is 292 g/mol. The fourth-order valence-electron chi connectivity index (χ4n) is 2.02. The van der Waals surface area contributed by atoms with E-state index in [0.29, 0.717) is 12.6 Å². The Balaban J connectivity index is 1.95. The molecule has 0 aliphatic heterocycles. The number of rotatable bonds is 4. The molecule has 3 nitrogen and oxygen atoms in total. The van der Waals surface area contributed by atoms with Crippen molar-refractivity contribution >= 4 is 27.5 Å². The maximum atomic E-state index is 11.9. The number of carbonyl (C=O) groups is 1. The van der Waals surface area contributed by atoms with Crippen LogP contribution in [0.15, 0.2) is 16.6 Å². The lowest BCUT2D eigenvalue weighted by Crippen LogP contribution is -2.33. The van der Waals surface area contributed by atoms with Crippen molar-refractivity contribution in [2.24, 2.45) is 0 Å². The van der Waals surface area contributed by atoms with Crippen molar-refractivity contribution in [3.05, 3.63) is 27.7 Å². The number of amides is 1. The molecule has 0 bridgehead atoms. The molecule has 2 rings (SSSR count). The minimum atomic E-state index is 0.163. The van der Waals surface area contributed by atoms with E-state index in [2.05, 4.69) is 47.2 Å². The van der Waals surface area contributed by atoms with Gasteiger partial charge in [0, 0.05) is 23.2 Å². The molecule has 1 amide bonds. The molecule has 98 valence electrons. The summed E-state index contributed by atoms with van der Waals surface area (Å²) in [5.41, 5.74) is 3.37. The van der Waals surface area contributed by atoms with Crippen molar-refractivity contribution in [1.29, 1.82) is 0 Å². The van der Waals surface area contributed by atoms with Crippen LogP contribution in [0.3, 0.4) is 0 Å². The number of nitrogens with one attached hydrogen (secondary N) is 1. The fraction of sp³-hybridized carbons (Fsp3) is 0.500. The van der Waals surface area contributed by atoms with E-state index in [1.807, 2.05) is 11.9 Å². The summed E-state index contributed by atoms with van der Waals surface area (Å²) >= 11 is 3.54. The van der Waals surface area contributed by atoms with E-state index in [1.54, 1.807) is 0 Å². The molecule has 1 saturated carbocycles. The quantitative estimate of drug-likeness (QED) is 0.927. The van der Waals surface area contributed by atoms with Gasteiger partial charge in [-0.25, -0.2) is 0 Å². The lowest BCUT2D eigenvalue weighted by molar-refractivity contribution is -0.128. The van der Waals surface area contributed by atoms with Gasteiger partial charge in [-0.1, -0.05) is 15.9 Å². The summed E-state index contributed by atoms with van der Waals surface area (Å²) in [7, 11) is 1.89. The van der Waals surface area contributed by atoms with Crippen LogP contribution in [-0.2, 0) is 4.79 Å². The number of halogens is 1. The normalized spacial score (nSPS) is 14.4. The summed E-state index contributed by atoms with van der Waals surface area (Å²) < 4.78 is 1.13. The third-order valence-electron chi connectivity index (χ3n) is 3.37. The molecule has 0 aromatic heterocycles. The first-order valence-corrected chi connectivity index (χ1v) is 7.04. The van der Waals surface area contributed by atoms with E-state index < -0.39 is 0 Å². The Labute approximate surface area is 117 Å². The Bertz CT molecular complexity index is 446. The van der Waals surface area contributed by atoms with Gasteiger partial charge in [0.05, 0.1) is 6.54 Å². The Morgan fingerprint density at radius 2 is 1.94 bits per heavy atom. The van der Waals surface area contributed by atoms with Crippen LogP contribution in [0.4, 0.5) is 5.69 Å². The second kappa shape index (κ2) is 5.31. The lowest BCUT2D eigenvalue weighted by atomic mass is 10.1. The number of likely N-dealkylation sites (N-methyl/N-ethyl adjacent to an activating group) is 1. The summed E-state index contributed by atoms with van der Waals surface area (Å²) in [6, 6.07) is 4.59. The molecular formula is C14H19BrN2O. The summed E-state index contributed by atoms with van der Waals surface area (Å²) in [5, 5.41) is 3.20. The van der Waals surface area contributed by atoms with E-state index >= 15 is 0 Å². The van der Waals surface area contributed by atoms with Gasteiger partial charge < -0.3 is 10.2 Å². The van der Waals surface area contributed by atoms with Gasteiger partial charge in [-0.05, 0) is 49.9 Å². The fourth-order valence-corrected chi connectivity index (χ4v) is 2.24. The molecule has 0 unspecified atom stereocenters. The van der Waals surface area contributed by atoms with Crippen LogP contribution < -0.4 is 5.32 Å². The zero-order valence-corrected chi connectivity index (χ0v) is 12.7. The van der Waals surface area contributed by atoms with Gasteiger partial charge in [0.25, 0.3) is 0 Å². The second-order valence-corrected chi connectivity index (χ2v) is 5.81. The monoisotopic (exact) mass is 310 g/mol. The van der Waals surface area contributed by atoms with Gasteiger partial charge in [0.1, 0.15) is 0 Å². The smallest absolute Gasteiger partial charge is 0.241 e. The van der Waals surface area contributed by atoms with Crippen LogP contribution in [0.25, 0.3) is 0 Å². The van der Waals surface area contributed by atoms with E-state index in [-0.39, 0.29) is 5.91 Å². The highest BCUT2D eigenvalue weighted by atomic mass is 79.9. The maximum absolute atomic E-state index is 11.9. The van der Waals surface area contributed by atoms with Gasteiger partial charge in [-0.15, -0.1) is 0 Å². The summed E-state index contributed by atoms with van der Waals surface area (Å²) in [5.74, 6) is 0.163. The average molecular weight is 311 g/mol. The van der Waals surface area contributed by atoms with Gasteiger partial charge in [-0.3, -0.25) is 4.79 Å². The minimum absolute atomic E-state index is 0.163. The molecule has 1 aromatic rings. The summed E-state index contributed by atoms with van der Waals surface area (Å²) in [6.07, 6.45) is 2.30. The van der Waals surface area contributed by atoms with Gasteiger partial charge >= 0.3 is 0 Å². The first-order chi connectivity index (χ1) is 8.49. The predicted octanol–water partition coefficient (Wildman–Crippen LogP) is 3.10. The molecule has 1 N–H and O–H groups in total. The molecule has 1 aliphatic rings. The third kappa shape index (κ3) is 3.05. The first kappa shape index (κ1) is 13.4. The Hall–Kier alpha value is -1.03. The third-order valence-corrected chi connectivity index (χ3v) is 4.62. The minimum Gasteiger partial charge on any atom is -0.376 e. The van der Waals surface area contributed by atoms with Crippen LogP contribution in [0.5, 0.6) is 0 Å². The van der Waals surface area contributed by atoms with E-state index in [9.17, 15) is 4.79 Å². The van der Waals surface area contributed by atoms with Gasteiger partial charge in [-0.2, -0.15) is 0 Å². The Morgan fingerprint density at radius 1 is 1.39 bits per heavy atom. The number of anilines is 1.